The number of nitrogens with one attached hydrogen (secondary N) is 1. The van der Waals surface area contributed by atoms with Gasteiger partial charge in [-0.1, -0.05) is 18.2 Å². The fourth-order valence-electron chi connectivity index (χ4n) is 3.62. The van der Waals surface area contributed by atoms with Crippen LogP contribution in [-0.2, 0) is 22.6 Å². The number of thiophene rings is 1. The van der Waals surface area contributed by atoms with Crippen LogP contribution in [0.15, 0.2) is 66.0 Å². The molecular formula is C24H23FN2O3S. The van der Waals surface area contributed by atoms with Gasteiger partial charge < -0.3 is 15.0 Å². The van der Waals surface area contributed by atoms with Gasteiger partial charge in [-0.05, 0) is 66.2 Å². The largest absolute Gasteiger partial charge is 0.457 e. The molecule has 0 aliphatic carbocycles. The average molecular weight is 439 g/mol. The second kappa shape index (κ2) is 9.75. The molecule has 0 saturated carbocycles. The van der Waals surface area contributed by atoms with Crippen LogP contribution in [0.5, 0.6) is 11.5 Å². The van der Waals surface area contributed by atoms with Gasteiger partial charge in [-0.3, -0.25) is 9.59 Å². The number of amides is 2. The van der Waals surface area contributed by atoms with Gasteiger partial charge in [-0.25, -0.2) is 4.39 Å². The first-order valence-corrected chi connectivity index (χ1v) is 11.1. The van der Waals surface area contributed by atoms with E-state index in [4.69, 9.17) is 4.74 Å². The molecule has 2 aromatic carbocycles. The number of benzene rings is 2. The molecule has 1 unspecified atom stereocenters. The molecule has 4 rings (SSSR count). The van der Waals surface area contributed by atoms with Crippen molar-refractivity contribution in [3.63, 3.8) is 0 Å². The Morgan fingerprint density at radius 3 is 2.45 bits per heavy atom. The lowest BCUT2D eigenvalue weighted by Gasteiger charge is -2.24. The Balaban J connectivity index is 1.29. The van der Waals surface area contributed by atoms with E-state index in [9.17, 15) is 14.0 Å². The summed E-state index contributed by atoms with van der Waals surface area (Å²) in [7, 11) is 0. The summed E-state index contributed by atoms with van der Waals surface area (Å²) in [5, 5.41) is 4.90. The molecule has 2 amide bonds. The van der Waals surface area contributed by atoms with E-state index in [1.54, 1.807) is 40.5 Å². The number of carbonyl (C=O) groups excluding carboxylic acids is 2. The number of ether oxygens (including phenoxy) is 1. The number of nitrogens with zero attached hydrogens (tertiary/aromatic N) is 1. The Morgan fingerprint density at radius 2 is 1.77 bits per heavy atom. The molecule has 7 heteroatoms. The smallest absolute Gasteiger partial charge is 0.243 e. The van der Waals surface area contributed by atoms with Crippen LogP contribution in [0.1, 0.15) is 23.3 Å². The van der Waals surface area contributed by atoms with Gasteiger partial charge in [0.15, 0.2) is 0 Å². The minimum atomic E-state index is -0.409. The highest BCUT2D eigenvalue weighted by atomic mass is 32.1. The van der Waals surface area contributed by atoms with Crippen LogP contribution in [0, 0.1) is 5.82 Å². The minimum absolute atomic E-state index is 0.00222. The maximum absolute atomic E-state index is 13.0. The van der Waals surface area contributed by atoms with E-state index >= 15 is 0 Å². The van der Waals surface area contributed by atoms with Crippen molar-refractivity contribution in [2.75, 3.05) is 6.54 Å². The van der Waals surface area contributed by atoms with Crippen molar-refractivity contribution in [2.45, 2.75) is 31.8 Å². The summed E-state index contributed by atoms with van der Waals surface area (Å²) < 4.78 is 18.7. The third-order valence-electron chi connectivity index (χ3n) is 5.22. The van der Waals surface area contributed by atoms with Crippen LogP contribution >= 0.6 is 11.3 Å². The maximum Gasteiger partial charge on any atom is 0.243 e. The highest BCUT2D eigenvalue weighted by Crippen LogP contribution is 2.23. The summed E-state index contributed by atoms with van der Waals surface area (Å²) >= 11 is 1.55. The number of halogens is 1. The van der Waals surface area contributed by atoms with Gasteiger partial charge >= 0.3 is 0 Å². The van der Waals surface area contributed by atoms with Gasteiger partial charge in [0.05, 0.1) is 6.42 Å². The lowest BCUT2D eigenvalue weighted by atomic mass is 10.1. The number of hydrogen-bond donors (Lipinski definition) is 1. The Hall–Kier alpha value is -3.19. The third kappa shape index (κ3) is 5.49. The van der Waals surface area contributed by atoms with E-state index in [2.05, 4.69) is 5.32 Å². The molecule has 0 spiro atoms. The standard InChI is InChI=1S/C24H23FN2O3S/c25-18-7-11-20(12-8-18)30-19-9-5-17(6-10-19)16-26-24(29)22-4-1-13-27(22)23(28)15-21-3-2-14-31-21/h2-3,5-12,14,22H,1,4,13,15-16H2,(H,26,29). The lowest BCUT2D eigenvalue weighted by Crippen LogP contribution is -2.46. The van der Waals surface area contributed by atoms with Gasteiger partial charge in [0.1, 0.15) is 23.4 Å². The fourth-order valence-corrected chi connectivity index (χ4v) is 4.32. The molecule has 1 aliphatic heterocycles. The predicted octanol–water partition coefficient (Wildman–Crippen LogP) is 4.53. The molecule has 3 aromatic rings. The third-order valence-corrected chi connectivity index (χ3v) is 6.10. The Labute approximate surface area is 184 Å². The SMILES string of the molecule is O=C(NCc1ccc(Oc2ccc(F)cc2)cc1)C1CCCN1C(=O)Cc1cccs1. The zero-order chi connectivity index (χ0) is 21.6. The summed E-state index contributed by atoms with van der Waals surface area (Å²) in [4.78, 5) is 28.1. The normalized spacial score (nSPS) is 15.6. The molecule has 1 fully saturated rings. The van der Waals surface area contributed by atoms with Crippen LogP contribution in [0.2, 0.25) is 0 Å². The van der Waals surface area contributed by atoms with Crippen molar-refractivity contribution < 1.29 is 18.7 Å². The number of hydrogen-bond acceptors (Lipinski definition) is 4. The van der Waals surface area contributed by atoms with Crippen molar-refractivity contribution in [1.29, 1.82) is 0 Å². The predicted molar refractivity (Wildman–Crippen MR) is 118 cm³/mol. The number of likely N-dealkylation sites (tertiary alicyclic amines) is 1. The fraction of sp³-hybridized carbons (Fsp3) is 0.250. The molecule has 1 saturated heterocycles. The first kappa shape index (κ1) is 21.1. The van der Waals surface area contributed by atoms with E-state index < -0.39 is 6.04 Å². The first-order chi connectivity index (χ1) is 15.1. The molecule has 0 radical (unpaired) electrons. The Bertz CT molecular complexity index is 1020. The van der Waals surface area contributed by atoms with E-state index in [1.165, 1.54) is 12.1 Å². The van der Waals surface area contributed by atoms with E-state index in [0.717, 1.165) is 16.9 Å². The zero-order valence-electron chi connectivity index (χ0n) is 16.9. The topological polar surface area (TPSA) is 58.6 Å². The van der Waals surface area contributed by atoms with Crippen molar-refractivity contribution in [1.82, 2.24) is 10.2 Å². The van der Waals surface area contributed by atoms with Crippen molar-refractivity contribution in [3.8, 4) is 11.5 Å². The summed E-state index contributed by atoms with van der Waals surface area (Å²) in [6, 6.07) is 16.6. The number of rotatable bonds is 7. The van der Waals surface area contributed by atoms with Gasteiger partial charge in [0.25, 0.3) is 0 Å². The van der Waals surface area contributed by atoms with Gasteiger partial charge in [0.2, 0.25) is 11.8 Å². The molecule has 5 nitrogen and oxygen atoms in total. The van der Waals surface area contributed by atoms with Crippen LogP contribution in [0.3, 0.4) is 0 Å². The maximum atomic E-state index is 13.0. The summed E-state index contributed by atoms with van der Waals surface area (Å²) in [5.74, 6) is 0.748. The van der Waals surface area contributed by atoms with Crippen LogP contribution < -0.4 is 10.1 Å². The minimum Gasteiger partial charge on any atom is -0.457 e. The van der Waals surface area contributed by atoms with Crippen LogP contribution in [-0.4, -0.2) is 29.3 Å². The highest BCUT2D eigenvalue weighted by Gasteiger charge is 2.33. The first-order valence-electron chi connectivity index (χ1n) is 10.2. The summed E-state index contributed by atoms with van der Waals surface area (Å²) in [6.45, 7) is 0.997. The van der Waals surface area contributed by atoms with Gasteiger partial charge in [-0.15, -0.1) is 11.3 Å². The quantitative estimate of drug-likeness (QED) is 0.590. The van der Waals surface area contributed by atoms with Crippen LogP contribution in [0.4, 0.5) is 4.39 Å². The van der Waals surface area contributed by atoms with Crippen LogP contribution in [0.25, 0.3) is 0 Å². The second-order valence-corrected chi connectivity index (χ2v) is 8.45. The van der Waals surface area contributed by atoms with Crippen molar-refractivity contribution >= 4 is 23.2 Å². The molecule has 160 valence electrons. The van der Waals surface area contributed by atoms with E-state index in [0.29, 0.717) is 37.4 Å². The molecule has 2 heterocycles. The van der Waals surface area contributed by atoms with E-state index in [-0.39, 0.29) is 17.6 Å². The highest BCUT2D eigenvalue weighted by molar-refractivity contribution is 7.10. The molecule has 1 atom stereocenters. The zero-order valence-corrected chi connectivity index (χ0v) is 17.7. The Kier molecular flexibility index (Phi) is 6.62. The summed E-state index contributed by atoms with van der Waals surface area (Å²) in [6.07, 6.45) is 1.87. The molecular weight excluding hydrogens is 415 g/mol. The van der Waals surface area contributed by atoms with Gasteiger partial charge in [0, 0.05) is 18.0 Å². The second-order valence-electron chi connectivity index (χ2n) is 7.42. The molecule has 1 N–H and O–H groups in total. The summed E-state index contributed by atoms with van der Waals surface area (Å²) in [5.41, 5.74) is 0.925. The van der Waals surface area contributed by atoms with Crippen molar-refractivity contribution in [3.05, 3.63) is 82.3 Å². The van der Waals surface area contributed by atoms with E-state index in [1.807, 2.05) is 29.6 Å². The molecule has 1 aliphatic rings. The monoisotopic (exact) mass is 438 g/mol. The molecule has 31 heavy (non-hydrogen) atoms. The molecule has 0 bridgehead atoms. The number of carbonyl (C=O) groups is 2. The average Bonchev–Trinajstić information content (AvgIpc) is 3.47. The van der Waals surface area contributed by atoms with Gasteiger partial charge in [-0.2, -0.15) is 0 Å². The molecule has 1 aromatic heterocycles. The lowest BCUT2D eigenvalue weighted by molar-refractivity contribution is -0.138. The Morgan fingerprint density at radius 1 is 1.06 bits per heavy atom. The van der Waals surface area contributed by atoms with Crippen molar-refractivity contribution in [2.24, 2.45) is 0 Å².